The second-order valence-electron chi connectivity index (χ2n) is 4.41. The molecule has 1 N–H and O–H groups in total. The van der Waals surface area contributed by atoms with Crippen molar-refractivity contribution in [2.24, 2.45) is 0 Å². The van der Waals surface area contributed by atoms with Crippen molar-refractivity contribution in [2.45, 2.75) is 12.6 Å². The number of rotatable bonds is 4. The topological polar surface area (TPSA) is 71.6 Å². The monoisotopic (exact) mass is 281 g/mol. The van der Waals surface area contributed by atoms with Crippen LogP contribution in [0.1, 0.15) is 5.82 Å². The van der Waals surface area contributed by atoms with Crippen molar-refractivity contribution >= 4 is 11.3 Å². The Hall–Kier alpha value is -1.28. The number of hydrogen-bond donors (Lipinski definition) is 1. The van der Waals surface area contributed by atoms with Gasteiger partial charge in [-0.1, -0.05) is 5.16 Å². The molecule has 1 unspecified atom stereocenters. The molecule has 1 aliphatic rings. The van der Waals surface area contributed by atoms with E-state index >= 15 is 0 Å². The van der Waals surface area contributed by atoms with Crippen molar-refractivity contribution in [3.05, 3.63) is 22.7 Å². The van der Waals surface area contributed by atoms with Gasteiger partial charge in [-0.15, -0.1) is 0 Å². The van der Waals surface area contributed by atoms with E-state index in [0.29, 0.717) is 31.5 Å². The number of hydrogen-bond acceptors (Lipinski definition) is 7. The predicted octanol–water partition coefficient (Wildman–Crippen LogP) is 0.991. The fourth-order valence-electron chi connectivity index (χ4n) is 2.07. The third-order valence-corrected chi connectivity index (χ3v) is 3.82. The van der Waals surface area contributed by atoms with Gasteiger partial charge in [-0.2, -0.15) is 16.3 Å². The van der Waals surface area contributed by atoms with E-state index in [0.717, 1.165) is 12.1 Å². The lowest BCUT2D eigenvalue weighted by atomic mass is 10.2. The minimum atomic E-state index is 0.0110. The fourth-order valence-corrected chi connectivity index (χ4v) is 2.70. The standard InChI is InChI=1S/C12H15N3O3S/c16-6-10-7-17-3-2-15(10)5-11-13-12(18-14-11)9-1-4-19-8-9/h1,4,8,10,16H,2-3,5-7H2. The van der Waals surface area contributed by atoms with E-state index in [1.807, 2.05) is 16.8 Å². The molecule has 2 aromatic rings. The number of nitrogens with zero attached hydrogens (tertiary/aromatic N) is 3. The third-order valence-electron chi connectivity index (χ3n) is 3.14. The van der Waals surface area contributed by atoms with Crippen LogP contribution in [0.15, 0.2) is 21.3 Å². The molecule has 0 aliphatic carbocycles. The molecule has 3 rings (SSSR count). The first kappa shape index (κ1) is 12.7. The zero-order chi connectivity index (χ0) is 13.1. The van der Waals surface area contributed by atoms with Crippen LogP contribution in [-0.2, 0) is 11.3 Å². The van der Waals surface area contributed by atoms with E-state index in [2.05, 4.69) is 15.0 Å². The quantitative estimate of drug-likeness (QED) is 0.901. The molecule has 1 atom stereocenters. The van der Waals surface area contributed by atoms with Gasteiger partial charge in [-0.25, -0.2) is 0 Å². The second kappa shape index (κ2) is 5.79. The molecular weight excluding hydrogens is 266 g/mol. The van der Waals surface area contributed by atoms with Gasteiger partial charge in [0.2, 0.25) is 0 Å². The summed E-state index contributed by atoms with van der Waals surface area (Å²) in [7, 11) is 0. The number of thiophene rings is 1. The van der Waals surface area contributed by atoms with Gasteiger partial charge in [0, 0.05) is 11.9 Å². The summed E-state index contributed by atoms with van der Waals surface area (Å²) in [6.45, 7) is 2.64. The molecule has 1 aliphatic heterocycles. The molecule has 2 aromatic heterocycles. The highest BCUT2D eigenvalue weighted by atomic mass is 32.1. The van der Waals surface area contributed by atoms with E-state index in [-0.39, 0.29) is 12.6 Å². The molecule has 0 amide bonds. The normalized spacial score (nSPS) is 20.8. The van der Waals surface area contributed by atoms with E-state index in [4.69, 9.17) is 9.26 Å². The van der Waals surface area contributed by atoms with Gasteiger partial charge >= 0.3 is 0 Å². The van der Waals surface area contributed by atoms with E-state index in [1.165, 1.54) is 0 Å². The first-order valence-electron chi connectivity index (χ1n) is 6.14. The number of aliphatic hydroxyl groups is 1. The summed E-state index contributed by atoms with van der Waals surface area (Å²) in [5.74, 6) is 1.19. The highest BCUT2D eigenvalue weighted by Crippen LogP contribution is 2.20. The second-order valence-corrected chi connectivity index (χ2v) is 5.19. The molecule has 0 bridgehead atoms. The average Bonchev–Trinajstić information content (AvgIpc) is 3.09. The molecule has 1 fully saturated rings. The molecule has 0 saturated carbocycles. The summed E-state index contributed by atoms with van der Waals surface area (Å²) in [5, 5.41) is 17.2. The number of aliphatic hydroxyl groups excluding tert-OH is 1. The van der Waals surface area contributed by atoms with Crippen molar-refractivity contribution in [3.8, 4) is 11.5 Å². The predicted molar refractivity (Wildman–Crippen MR) is 69.7 cm³/mol. The molecule has 102 valence electrons. The SMILES string of the molecule is OCC1COCCN1Cc1noc(-c2ccsc2)n1. The van der Waals surface area contributed by atoms with Gasteiger partial charge in [-0.05, 0) is 11.4 Å². The van der Waals surface area contributed by atoms with Crippen LogP contribution >= 0.6 is 11.3 Å². The minimum absolute atomic E-state index is 0.0110. The van der Waals surface area contributed by atoms with Crippen molar-refractivity contribution in [1.82, 2.24) is 15.0 Å². The zero-order valence-electron chi connectivity index (χ0n) is 10.4. The van der Waals surface area contributed by atoms with E-state index < -0.39 is 0 Å². The van der Waals surface area contributed by atoms with Gasteiger partial charge in [0.25, 0.3) is 5.89 Å². The summed E-state index contributed by atoms with van der Waals surface area (Å²) in [4.78, 5) is 6.50. The van der Waals surface area contributed by atoms with Gasteiger partial charge in [0.15, 0.2) is 5.82 Å². The molecule has 0 aromatic carbocycles. The maximum Gasteiger partial charge on any atom is 0.258 e. The summed E-state index contributed by atoms with van der Waals surface area (Å²) < 4.78 is 10.6. The Bertz CT molecular complexity index is 514. The molecule has 0 radical (unpaired) electrons. The van der Waals surface area contributed by atoms with Crippen LogP contribution in [0.2, 0.25) is 0 Å². The largest absolute Gasteiger partial charge is 0.395 e. The third kappa shape index (κ3) is 2.84. The Morgan fingerprint density at radius 3 is 3.26 bits per heavy atom. The summed E-state index contributed by atoms with van der Waals surface area (Å²) >= 11 is 1.60. The van der Waals surface area contributed by atoms with E-state index in [9.17, 15) is 5.11 Å². The lowest BCUT2D eigenvalue weighted by Gasteiger charge is -2.33. The average molecular weight is 281 g/mol. The fraction of sp³-hybridized carbons (Fsp3) is 0.500. The highest BCUT2D eigenvalue weighted by molar-refractivity contribution is 7.08. The Morgan fingerprint density at radius 1 is 1.53 bits per heavy atom. The van der Waals surface area contributed by atoms with E-state index in [1.54, 1.807) is 11.3 Å². The van der Waals surface area contributed by atoms with Gasteiger partial charge < -0.3 is 14.4 Å². The smallest absolute Gasteiger partial charge is 0.258 e. The first-order chi connectivity index (χ1) is 9.36. The lowest BCUT2D eigenvalue weighted by Crippen LogP contribution is -2.47. The van der Waals surface area contributed by atoms with Crippen LogP contribution in [0.5, 0.6) is 0 Å². The number of aromatic nitrogens is 2. The van der Waals surface area contributed by atoms with Crippen LogP contribution in [0.3, 0.4) is 0 Å². The first-order valence-corrected chi connectivity index (χ1v) is 7.09. The molecule has 7 heteroatoms. The van der Waals surface area contributed by atoms with Crippen LogP contribution in [0.4, 0.5) is 0 Å². The summed E-state index contributed by atoms with van der Waals surface area (Å²) in [6, 6.07) is 1.96. The van der Waals surface area contributed by atoms with Gasteiger partial charge in [-0.3, -0.25) is 4.90 Å². The van der Waals surface area contributed by atoms with Crippen molar-refractivity contribution in [2.75, 3.05) is 26.4 Å². The van der Waals surface area contributed by atoms with Gasteiger partial charge in [0.05, 0.1) is 38.0 Å². The van der Waals surface area contributed by atoms with Crippen molar-refractivity contribution in [1.29, 1.82) is 0 Å². The number of ether oxygens (including phenoxy) is 1. The molecule has 6 nitrogen and oxygen atoms in total. The summed E-state index contributed by atoms with van der Waals surface area (Å²) in [6.07, 6.45) is 0. The maximum atomic E-state index is 9.31. The van der Waals surface area contributed by atoms with Crippen molar-refractivity contribution < 1.29 is 14.4 Å². The Labute approximate surface area is 114 Å². The van der Waals surface area contributed by atoms with Crippen molar-refractivity contribution in [3.63, 3.8) is 0 Å². The minimum Gasteiger partial charge on any atom is -0.395 e. The number of morpholine rings is 1. The van der Waals surface area contributed by atoms with Gasteiger partial charge in [0.1, 0.15) is 0 Å². The van der Waals surface area contributed by atoms with Crippen LogP contribution in [-0.4, -0.2) is 52.6 Å². The Balaban J connectivity index is 1.69. The Morgan fingerprint density at radius 2 is 2.47 bits per heavy atom. The lowest BCUT2D eigenvalue weighted by molar-refractivity contribution is -0.0324. The molecule has 1 saturated heterocycles. The summed E-state index contributed by atoms with van der Waals surface area (Å²) in [5.41, 5.74) is 0.949. The highest BCUT2D eigenvalue weighted by Gasteiger charge is 2.24. The van der Waals surface area contributed by atoms with Crippen LogP contribution in [0, 0.1) is 0 Å². The molecule has 19 heavy (non-hydrogen) atoms. The maximum absolute atomic E-state index is 9.31. The van der Waals surface area contributed by atoms with Crippen LogP contribution < -0.4 is 0 Å². The Kier molecular flexibility index (Phi) is 3.88. The zero-order valence-corrected chi connectivity index (χ0v) is 11.2. The molecule has 0 spiro atoms. The molecule has 3 heterocycles. The van der Waals surface area contributed by atoms with Crippen LogP contribution in [0.25, 0.3) is 11.5 Å². The molecular formula is C12H15N3O3S.